The Hall–Kier alpha value is -2.37. The summed E-state index contributed by atoms with van der Waals surface area (Å²) >= 11 is 0. The van der Waals surface area contributed by atoms with E-state index in [1.807, 2.05) is 36.2 Å². The molecule has 3 rings (SSSR count). The fourth-order valence-electron chi connectivity index (χ4n) is 2.87. The van der Waals surface area contributed by atoms with Gasteiger partial charge in [0.1, 0.15) is 0 Å². The molecule has 116 valence electrons. The summed E-state index contributed by atoms with van der Waals surface area (Å²) in [5.74, 6) is 0.441. The highest BCUT2D eigenvalue weighted by Gasteiger charge is 2.22. The van der Waals surface area contributed by atoms with E-state index < -0.39 is 0 Å². The number of hydrogen-bond acceptors (Lipinski definition) is 4. The Morgan fingerprint density at radius 1 is 1.32 bits per heavy atom. The lowest BCUT2D eigenvalue weighted by Gasteiger charge is -2.31. The summed E-state index contributed by atoms with van der Waals surface area (Å²) in [7, 11) is 1.87. The van der Waals surface area contributed by atoms with Crippen LogP contribution >= 0.6 is 0 Å². The third-order valence-corrected chi connectivity index (χ3v) is 4.16. The lowest BCUT2D eigenvalue weighted by Crippen LogP contribution is -2.40. The van der Waals surface area contributed by atoms with E-state index in [4.69, 9.17) is 4.42 Å². The molecular weight excluding hydrogens is 280 g/mol. The SMILES string of the molecule is CN(C(=O)Nc1cccc(-c2nnco2)c1)C1CCCCC1. The minimum absolute atomic E-state index is 0.0745. The molecule has 1 aromatic heterocycles. The Balaban J connectivity index is 1.67. The number of nitrogens with one attached hydrogen (secondary N) is 1. The molecule has 0 spiro atoms. The van der Waals surface area contributed by atoms with Crippen LogP contribution < -0.4 is 5.32 Å². The average Bonchev–Trinajstić information content (AvgIpc) is 3.10. The van der Waals surface area contributed by atoms with Gasteiger partial charge in [0, 0.05) is 24.3 Å². The van der Waals surface area contributed by atoms with Crippen molar-refractivity contribution in [1.29, 1.82) is 0 Å². The molecule has 0 aliphatic heterocycles. The Morgan fingerprint density at radius 3 is 2.86 bits per heavy atom. The van der Waals surface area contributed by atoms with Crippen LogP contribution in [0.5, 0.6) is 0 Å². The number of rotatable bonds is 3. The zero-order chi connectivity index (χ0) is 15.4. The van der Waals surface area contributed by atoms with Crippen molar-refractivity contribution in [3.63, 3.8) is 0 Å². The molecule has 2 amide bonds. The van der Waals surface area contributed by atoms with Crippen molar-refractivity contribution in [3.8, 4) is 11.5 Å². The molecule has 1 aliphatic rings. The highest BCUT2D eigenvalue weighted by atomic mass is 16.4. The van der Waals surface area contributed by atoms with Crippen LogP contribution in [-0.2, 0) is 0 Å². The summed E-state index contributed by atoms with van der Waals surface area (Å²) in [5.41, 5.74) is 1.51. The van der Waals surface area contributed by atoms with Crippen molar-refractivity contribution in [1.82, 2.24) is 15.1 Å². The van der Waals surface area contributed by atoms with Gasteiger partial charge in [-0.05, 0) is 31.0 Å². The first kappa shape index (κ1) is 14.6. The number of anilines is 1. The Bertz CT molecular complexity index is 621. The first-order valence-electron chi connectivity index (χ1n) is 7.64. The highest BCUT2D eigenvalue weighted by Crippen LogP contribution is 2.23. The predicted molar refractivity (Wildman–Crippen MR) is 83.4 cm³/mol. The van der Waals surface area contributed by atoms with Crippen LogP contribution in [0.25, 0.3) is 11.5 Å². The molecule has 1 aliphatic carbocycles. The van der Waals surface area contributed by atoms with Gasteiger partial charge in [-0.15, -0.1) is 10.2 Å². The molecule has 22 heavy (non-hydrogen) atoms. The normalized spacial score (nSPS) is 15.5. The van der Waals surface area contributed by atoms with Gasteiger partial charge < -0.3 is 14.6 Å². The molecule has 0 saturated heterocycles. The van der Waals surface area contributed by atoms with Gasteiger partial charge in [-0.25, -0.2) is 4.79 Å². The molecule has 0 unspecified atom stereocenters. The van der Waals surface area contributed by atoms with Gasteiger partial charge in [0.25, 0.3) is 0 Å². The van der Waals surface area contributed by atoms with E-state index in [9.17, 15) is 4.79 Å². The van der Waals surface area contributed by atoms with Gasteiger partial charge in [0.05, 0.1) is 0 Å². The number of carbonyl (C=O) groups excluding carboxylic acids is 1. The third-order valence-electron chi connectivity index (χ3n) is 4.16. The minimum atomic E-state index is -0.0745. The second-order valence-corrected chi connectivity index (χ2v) is 5.66. The van der Waals surface area contributed by atoms with Gasteiger partial charge in [0.15, 0.2) is 0 Å². The standard InChI is InChI=1S/C16H20N4O2/c1-20(14-8-3-2-4-9-14)16(21)18-13-7-5-6-12(10-13)15-19-17-11-22-15/h5-7,10-11,14H,2-4,8-9H2,1H3,(H,18,21). The summed E-state index contributed by atoms with van der Waals surface area (Å²) in [6.45, 7) is 0. The van der Waals surface area contributed by atoms with E-state index in [1.165, 1.54) is 25.7 Å². The van der Waals surface area contributed by atoms with E-state index in [-0.39, 0.29) is 6.03 Å². The van der Waals surface area contributed by atoms with Gasteiger partial charge in [-0.3, -0.25) is 0 Å². The monoisotopic (exact) mass is 300 g/mol. The highest BCUT2D eigenvalue weighted by molar-refractivity contribution is 5.90. The number of hydrogen-bond donors (Lipinski definition) is 1. The van der Waals surface area contributed by atoms with E-state index in [2.05, 4.69) is 15.5 Å². The molecule has 0 bridgehead atoms. The van der Waals surface area contributed by atoms with Crippen LogP contribution in [0, 0.1) is 0 Å². The number of benzene rings is 1. The molecule has 0 radical (unpaired) electrons. The van der Waals surface area contributed by atoms with Crippen LogP contribution in [0.2, 0.25) is 0 Å². The van der Waals surface area contributed by atoms with Crippen LogP contribution in [0.15, 0.2) is 35.1 Å². The van der Waals surface area contributed by atoms with E-state index in [1.54, 1.807) is 0 Å². The second-order valence-electron chi connectivity index (χ2n) is 5.66. The minimum Gasteiger partial charge on any atom is -0.423 e. The maximum Gasteiger partial charge on any atom is 0.321 e. The van der Waals surface area contributed by atoms with Crippen LogP contribution in [0.4, 0.5) is 10.5 Å². The number of nitrogens with zero attached hydrogens (tertiary/aromatic N) is 3. The molecule has 2 aromatic rings. The molecule has 6 nitrogen and oxygen atoms in total. The molecule has 1 heterocycles. The Kier molecular flexibility index (Phi) is 4.37. The van der Waals surface area contributed by atoms with Crippen molar-refractivity contribution in [2.75, 3.05) is 12.4 Å². The van der Waals surface area contributed by atoms with Crippen molar-refractivity contribution < 1.29 is 9.21 Å². The van der Waals surface area contributed by atoms with Crippen molar-refractivity contribution >= 4 is 11.7 Å². The zero-order valence-electron chi connectivity index (χ0n) is 12.7. The molecule has 1 aromatic carbocycles. The number of amides is 2. The second kappa shape index (κ2) is 6.60. The maximum absolute atomic E-state index is 12.4. The summed E-state index contributed by atoms with van der Waals surface area (Å²) < 4.78 is 5.18. The molecule has 1 N–H and O–H groups in total. The van der Waals surface area contributed by atoms with Crippen molar-refractivity contribution in [2.45, 2.75) is 38.1 Å². The van der Waals surface area contributed by atoms with Crippen LogP contribution in [-0.4, -0.2) is 34.2 Å². The quantitative estimate of drug-likeness (QED) is 0.941. The largest absolute Gasteiger partial charge is 0.423 e. The first-order valence-corrected chi connectivity index (χ1v) is 7.64. The van der Waals surface area contributed by atoms with Gasteiger partial charge in [0.2, 0.25) is 12.3 Å². The van der Waals surface area contributed by atoms with Gasteiger partial charge >= 0.3 is 6.03 Å². The molecule has 6 heteroatoms. The molecular formula is C16H20N4O2. The van der Waals surface area contributed by atoms with E-state index >= 15 is 0 Å². The lowest BCUT2D eigenvalue weighted by molar-refractivity contribution is 0.186. The van der Waals surface area contributed by atoms with E-state index in [0.29, 0.717) is 11.9 Å². The number of carbonyl (C=O) groups is 1. The van der Waals surface area contributed by atoms with E-state index in [0.717, 1.165) is 24.1 Å². The number of urea groups is 1. The topological polar surface area (TPSA) is 71.3 Å². The first-order chi connectivity index (χ1) is 10.7. The predicted octanol–water partition coefficient (Wildman–Crippen LogP) is 3.53. The lowest BCUT2D eigenvalue weighted by atomic mass is 9.95. The Labute approximate surface area is 129 Å². The fraction of sp³-hybridized carbons (Fsp3) is 0.438. The molecule has 0 atom stereocenters. The maximum atomic E-state index is 12.4. The third kappa shape index (κ3) is 3.27. The van der Waals surface area contributed by atoms with Crippen molar-refractivity contribution in [2.24, 2.45) is 0 Å². The summed E-state index contributed by atoms with van der Waals surface area (Å²) in [4.78, 5) is 14.2. The zero-order valence-corrected chi connectivity index (χ0v) is 12.7. The smallest absolute Gasteiger partial charge is 0.321 e. The summed E-state index contributed by atoms with van der Waals surface area (Å²) in [6, 6.07) is 7.68. The average molecular weight is 300 g/mol. The number of aromatic nitrogens is 2. The van der Waals surface area contributed by atoms with Gasteiger partial charge in [-0.1, -0.05) is 25.3 Å². The Morgan fingerprint density at radius 2 is 2.14 bits per heavy atom. The molecule has 1 fully saturated rings. The van der Waals surface area contributed by atoms with Crippen molar-refractivity contribution in [3.05, 3.63) is 30.7 Å². The summed E-state index contributed by atoms with van der Waals surface area (Å²) in [5, 5.41) is 10.5. The summed E-state index contributed by atoms with van der Waals surface area (Å²) in [6.07, 6.45) is 7.15. The van der Waals surface area contributed by atoms with Crippen LogP contribution in [0.3, 0.4) is 0 Å². The van der Waals surface area contributed by atoms with Crippen LogP contribution in [0.1, 0.15) is 32.1 Å². The van der Waals surface area contributed by atoms with Gasteiger partial charge in [-0.2, -0.15) is 0 Å². The molecule has 1 saturated carbocycles. The fourth-order valence-corrected chi connectivity index (χ4v) is 2.87.